The molecule has 150 valence electrons. The first-order valence-electron chi connectivity index (χ1n) is 8.04. The number of amides is 1. The maximum absolute atomic E-state index is 13.7. The molecule has 1 heterocycles. The molecule has 0 aliphatic rings. The molecule has 0 radical (unpaired) electrons. The maximum atomic E-state index is 13.7. The Balaban J connectivity index is 1.92. The summed E-state index contributed by atoms with van der Waals surface area (Å²) in [5.74, 6) is -2.97. The summed E-state index contributed by atoms with van der Waals surface area (Å²) < 4.78 is 70.4. The lowest BCUT2D eigenvalue weighted by atomic mass is 10.1. The van der Waals surface area contributed by atoms with Gasteiger partial charge in [0, 0.05) is 17.8 Å². The van der Waals surface area contributed by atoms with E-state index in [0.29, 0.717) is 6.07 Å². The van der Waals surface area contributed by atoms with Crippen LogP contribution in [0.25, 0.3) is 11.4 Å². The first kappa shape index (κ1) is 20.2. The minimum Gasteiger partial charge on any atom is -0.480 e. The normalized spacial score (nSPS) is 11.2. The molecule has 3 aromatic rings. The summed E-state index contributed by atoms with van der Waals surface area (Å²) in [4.78, 5) is 20.3. The van der Waals surface area contributed by atoms with Crippen molar-refractivity contribution in [2.75, 3.05) is 12.4 Å². The number of ether oxygens (including phenoxy) is 1. The van der Waals surface area contributed by atoms with Crippen LogP contribution in [0.15, 0.2) is 48.7 Å². The molecule has 1 N–H and O–H groups in total. The van der Waals surface area contributed by atoms with Gasteiger partial charge in [-0.1, -0.05) is 12.1 Å². The number of halogens is 5. The molecule has 0 aliphatic carbocycles. The highest BCUT2D eigenvalue weighted by molar-refractivity contribution is 6.05. The number of hydrogen-bond acceptors (Lipinski definition) is 4. The molecular formula is C19H12F5N3O2. The molecule has 0 unspecified atom stereocenters. The van der Waals surface area contributed by atoms with Gasteiger partial charge >= 0.3 is 6.18 Å². The first-order chi connectivity index (χ1) is 13.7. The Hall–Kier alpha value is -3.56. The van der Waals surface area contributed by atoms with Crippen LogP contribution < -0.4 is 10.1 Å². The van der Waals surface area contributed by atoms with Gasteiger partial charge in [0.1, 0.15) is 17.2 Å². The smallest absolute Gasteiger partial charge is 0.416 e. The third kappa shape index (κ3) is 4.48. The summed E-state index contributed by atoms with van der Waals surface area (Å²) in [6.07, 6.45) is -3.50. The number of aromatic nitrogens is 2. The highest BCUT2D eigenvalue weighted by atomic mass is 19.4. The van der Waals surface area contributed by atoms with Crippen molar-refractivity contribution in [1.29, 1.82) is 0 Å². The molecule has 0 bridgehead atoms. The maximum Gasteiger partial charge on any atom is 0.416 e. The Bertz CT molecular complexity index is 1070. The van der Waals surface area contributed by atoms with Crippen LogP contribution in [0.4, 0.5) is 27.6 Å². The van der Waals surface area contributed by atoms with Gasteiger partial charge in [-0.2, -0.15) is 18.2 Å². The zero-order chi connectivity index (χ0) is 21.2. The van der Waals surface area contributed by atoms with Crippen molar-refractivity contribution in [3.8, 4) is 17.3 Å². The molecule has 0 spiro atoms. The Morgan fingerprint density at radius 1 is 1.10 bits per heavy atom. The van der Waals surface area contributed by atoms with Crippen LogP contribution >= 0.6 is 0 Å². The summed E-state index contributed by atoms with van der Waals surface area (Å²) in [7, 11) is 1.20. The Labute approximate surface area is 161 Å². The molecule has 29 heavy (non-hydrogen) atoms. The molecule has 0 atom stereocenters. The van der Waals surface area contributed by atoms with Crippen LogP contribution in [-0.4, -0.2) is 23.0 Å². The van der Waals surface area contributed by atoms with Crippen LogP contribution in [0.3, 0.4) is 0 Å². The van der Waals surface area contributed by atoms with Crippen molar-refractivity contribution in [3.05, 3.63) is 71.4 Å². The number of alkyl halides is 3. The molecular weight excluding hydrogens is 397 g/mol. The largest absolute Gasteiger partial charge is 0.480 e. The monoisotopic (exact) mass is 409 g/mol. The topological polar surface area (TPSA) is 64.1 Å². The second kappa shape index (κ2) is 7.82. The molecule has 0 fully saturated rings. The quantitative estimate of drug-likeness (QED) is 0.635. The predicted octanol–water partition coefficient (Wildman–Crippen LogP) is 4.70. The van der Waals surface area contributed by atoms with Crippen molar-refractivity contribution in [2.24, 2.45) is 0 Å². The van der Waals surface area contributed by atoms with Gasteiger partial charge in [0.2, 0.25) is 5.88 Å². The molecule has 0 aliphatic heterocycles. The zero-order valence-electron chi connectivity index (χ0n) is 14.7. The van der Waals surface area contributed by atoms with E-state index in [1.54, 1.807) is 0 Å². The van der Waals surface area contributed by atoms with Crippen LogP contribution in [0.2, 0.25) is 0 Å². The molecule has 2 aromatic carbocycles. The van der Waals surface area contributed by atoms with E-state index in [0.717, 1.165) is 30.5 Å². The molecule has 3 rings (SSSR count). The average molecular weight is 409 g/mol. The summed E-state index contributed by atoms with van der Waals surface area (Å²) in [5.41, 5.74) is -1.28. The number of hydrogen-bond donors (Lipinski definition) is 1. The van der Waals surface area contributed by atoms with Gasteiger partial charge in [-0.05, 0) is 24.3 Å². The number of benzene rings is 2. The molecule has 1 aromatic heterocycles. The van der Waals surface area contributed by atoms with Gasteiger partial charge in [0.25, 0.3) is 5.91 Å². The van der Waals surface area contributed by atoms with Gasteiger partial charge in [-0.25, -0.2) is 13.8 Å². The molecule has 5 nitrogen and oxygen atoms in total. The number of nitrogens with zero attached hydrogens (tertiary/aromatic N) is 2. The number of carbonyl (C=O) groups excluding carboxylic acids is 1. The molecule has 1 amide bonds. The van der Waals surface area contributed by atoms with Crippen LogP contribution in [0.1, 0.15) is 15.9 Å². The van der Waals surface area contributed by atoms with E-state index >= 15 is 0 Å². The van der Waals surface area contributed by atoms with E-state index in [2.05, 4.69) is 15.3 Å². The number of carbonyl (C=O) groups is 1. The zero-order valence-corrected chi connectivity index (χ0v) is 14.7. The van der Waals surface area contributed by atoms with Gasteiger partial charge < -0.3 is 10.1 Å². The molecule has 0 saturated heterocycles. The summed E-state index contributed by atoms with van der Waals surface area (Å²) in [6.45, 7) is 0. The number of rotatable bonds is 4. The van der Waals surface area contributed by atoms with E-state index in [-0.39, 0.29) is 28.5 Å². The minimum absolute atomic E-state index is 0.0645. The van der Waals surface area contributed by atoms with Crippen molar-refractivity contribution in [3.63, 3.8) is 0 Å². The van der Waals surface area contributed by atoms with E-state index in [4.69, 9.17) is 4.74 Å². The van der Waals surface area contributed by atoms with E-state index in [1.807, 2.05) is 0 Å². The van der Waals surface area contributed by atoms with Crippen LogP contribution in [0, 0.1) is 11.6 Å². The predicted molar refractivity (Wildman–Crippen MR) is 93.3 cm³/mol. The first-order valence-corrected chi connectivity index (χ1v) is 8.04. The van der Waals surface area contributed by atoms with Crippen molar-refractivity contribution >= 4 is 11.6 Å². The number of anilines is 1. The Morgan fingerprint density at radius 2 is 1.86 bits per heavy atom. The third-order valence-corrected chi connectivity index (χ3v) is 3.82. The Kier molecular flexibility index (Phi) is 5.44. The highest BCUT2D eigenvalue weighted by Crippen LogP contribution is 2.32. The van der Waals surface area contributed by atoms with Gasteiger partial charge in [-0.15, -0.1) is 0 Å². The van der Waals surface area contributed by atoms with Crippen LogP contribution in [-0.2, 0) is 6.18 Å². The fraction of sp³-hybridized carbons (Fsp3) is 0.105. The van der Waals surface area contributed by atoms with Gasteiger partial charge in [-0.3, -0.25) is 4.79 Å². The van der Waals surface area contributed by atoms with E-state index in [1.165, 1.54) is 19.2 Å². The van der Waals surface area contributed by atoms with E-state index < -0.39 is 29.3 Å². The lowest BCUT2D eigenvalue weighted by Gasteiger charge is -2.11. The fourth-order valence-electron chi connectivity index (χ4n) is 2.43. The minimum atomic E-state index is -4.54. The van der Waals surface area contributed by atoms with Crippen LogP contribution in [0.5, 0.6) is 5.88 Å². The highest BCUT2D eigenvalue weighted by Gasteiger charge is 2.30. The fourth-order valence-corrected chi connectivity index (χ4v) is 2.43. The molecule has 10 heteroatoms. The van der Waals surface area contributed by atoms with Crippen molar-refractivity contribution < 1.29 is 31.5 Å². The lowest BCUT2D eigenvalue weighted by Crippen LogP contribution is -2.15. The summed E-state index contributed by atoms with van der Waals surface area (Å²) >= 11 is 0. The summed E-state index contributed by atoms with van der Waals surface area (Å²) in [5, 5.41) is 2.23. The van der Waals surface area contributed by atoms with Crippen molar-refractivity contribution in [2.45, 2.75) is 6.18 Å². The average Bonchev–Trinajstić information content (AvgIpc) is 2.69. The number of methoxy groups -OCH3 is 1. The Morgan fingerprint density at radius 3 is 2.52 bits per heavy atom. The SMILES string of the molecule is COc1nc(-c2cccc(C(F)(F)F)c2)ncc1C(=O)Nc1ccc(F)cc1F. The molecule has 0 saturated carbocycles. The standard InChI is InChI=1S/C19H12F5N3O2/c1-29-18-13(17(28)26-15-6-5-12(20)8-14(15)21)9-25-16(27-18)10-3-2-4-11(7-10)19(22,23)24/h2-9H,1H3,(H,26,28). The van der Waals surface area contributed by atoms with E-state index in [9.17, 15) is 26.7 Å². The van der Waals surface area contributed by atoms with Crippen molar-refractivity contribution in [1.82, 2.24) is 9.97 Å². The lowest BCUT2D eigenvalue weighted by molar-refractivity contribution is -0.137. The second-order valence-corrected chi connectivity index (χ2v) is 5.77. The summed E-state index contributed by atoms with van der Waals surface area (Å²) in [6, 6.07) is 6.93. The van der Waals surface area contributed by atoms with Gasteiger partial charge in [0.05, 0.1) is 18.4 Å². The van der Waals surface area contributed by atoms with Gasteiger partial charge in [0.15, 0.2) is 5.82 Å². The third-order valence-electron chi connectivity index (χ3n) is 3.82. The number of nitrogens with one attached hydrogen (secondary N) is 1. The second-order valence-electron chi connectivity index (χ2n) is 5.77.